The van der Waals surface area contributed by atoms with Gasteiger partial charge in [0.1, 0.15) is 36.0 Å². The van der Waals surface area contributed by atoms with Crippen molar-refractivity contribution in [2.45, 2.75) is 191 Å². The van der Waals surface area contributed by atoms with Gasteiger partial charge < -0.3 is 70.6 Å². The van der Waals surface area contributed by atoms with Crippen LogP contribution in [0.25, 0.3) is 22.3 Å². The van der Waals surface area contributed by atoms with Crippen molar-refractivity contribution < 1.29 is 20.4 Å². The summed E-state index contributed by atoms with van der Waals surface area (Å²) < 4.78 is 8.09. The van der Waals surface area contributed by atoms with Gasteiger partial charge in [-0.15, -0.1) is 0 Å². The van der Waals surface area contributed by atoms with E-state index in [1.165, 1.54) is 11.0 Å². The molecular weight excluding hydrogens is 1100 g/mol. The molecule has 0 aliphatic heterocycles. The number of hydrogen-bond acceptors (Lipinski definition) is 25. The Kier molecular flexibility index (Phi) is 16.6. The summed E-state index contributed by atoms with van der Waals surface area (Å²) in [5.41, 5.74) is 5.48. The second-order valence-electron chi connectivity index (χ2n) is 23.1. The smallest absolute Gasteiger partial charge is 0.227 e. The molecule has 0 bridgehead atoms. The molecule has 10 N–H and O–H groups in total. The number of imidazole rings is 4. The highest BCUT2D eigenvalue weighted by atomic mass is 16.3. The number of aliphatic hydroxyl groups excluding tert-OH is 4. The van der Waals surface area contributed by atoms with Crippen LogP contribution in [0.2, 0.25) is 0 Å². The number of rotatable bonds is 24. The molecule has 6 atom stereocenters. The maximum Gasteiger partial charge on any atom is 0.227 e. The first kappa shape index (κ1) is 56.6. The molecule has 9 heterocycles. The van der Waals surface area contributed by atoms with Crippen molar-refractivity contribution in [3.8, 4) is 0 Å². The van der Waals surface area contributed by atoms with Gasteiger partial charge in [0.15, 0.2) is 34.0 Å². The summed E-state index contributed by atoms with van der Waals surface area (Å²) in [6.07, 6.45) is 25.0. The van der Waals surface area contributed by atoms with Gasteiger partial charge in [-0.2, -0.15) is 54.9 Å². The van der Waals surface area contributed by atoms with Crippen molar-refractivity contribution >= 4 is 57.8 Å². The molecule has 86 heavy (non-hydrogen) atoms. The zero-order valence-corrected chi connectivity index (χ0v) is 48.3. The fraction of sp³-hybridized carbons (Fsp3) is 0.582. The van der Waals surface area contributed by atoms with Gasteiger partial charge in [0.2, 0.25) is 23.8 Å². The number of aromatic nitrogens is 21. The second kappa shape index (κ2) is 25.2. The third kappa shape index (κ3) is 12.3. The molecule has 4 fully saturated rings. The van der Waals surface area contributed by atoms with E-state index in [4.69, 9.17) is 34.9 Å². The summed E-state index contributed by atoms with van der Waals surface area (Å²) >= 11 is 0. The molecule has 4 aliphatic rings. The van der Waals surface area contributed by atoms with Crippen LogP contribution in [0.5, 0.6) is 0 Å². The molecule has 31 heteroatoms. The van der Waals surface area contributed by atoms with Crippen LogP contribution in [0.4, 0.5) is 35.4 Å². The fourth-order valence-corrected chi connectivity index (χ4v) is 12.7. The number of aliphatic hydroxyl groups is 4. The van der Waals surface area contributed by atoms with Crippen molar-refractivity contribution in [3.05, 3.63) is 79.2 Å². The molecule has 0 amide bonds. The maximum atomic E-state index is 11.4. The monoisotopic (exact) mass is 1180 g/mol. The third-order valence-corrected chi connectivity index (χ3v) is 17.5. The van der Waals surface area contributed by atoms with E-state index in [1.807, 2.05) is 34.3 Å². The van der Waals surface area contributed by atoms with E-state index in [9.17, 15) is 20.4 Å². The van der Waals surface area contributed by atoms with Crippen LogP contribution in [0, 0.1) is 0 Å². The normalized spacial score (nSPS) is 24.2. The minimum atomic E-state index is -1.16. The summed E-state index contributed by atoms with van der Waals surface area (Å²) in [7, 11) is 0. The van der Waals surface area contributed by atoms with Crippen molar-refractivity contribution in [2.75, 3.05) is 45.0 Å². The van der Waals surface area contributed by atoms with E-state index < -0.39 is 24.3 Å². The van der Waals surface area contributed by atoms with Crippen LogP contribution < -0.4 is 31.9 Å². The largest absolute Gasteiger partial charge is 0.390 e. The van der Waals surface area contributed by atoms with Crippen molar-refractivity contribution in [1.82, 2.24) is 103 Å². The van der Waals surface area contributed by atoms with Gasteiger partial charge in [0.25, 0.3) is 0 Å². The summed E-state index contributed by atoms with van der Waals surface area (Å²) in [5, 5.41) is 80.9. The molecular formula is C55H75N27O4. The average Bonchev–Trinajstić information content (AvgIpc) is 4.55. The molecule has 9 aromatic heterocycles. The van der Waals surface area contributed by atoms with Gasteiger partial charge in [-0.25, -0.2) is 29.9 Å². The predicted octanol–water partition coefficient (Wildman–Crippen LogP) is 3.61. The Hall–Kier alpha value is -8.55. The Morgan fingerprint density at radius 3 is 1.49 bits per heavy atom. The second-order valence-corrected chi connectivity index (χ2v) is 23.1. The molecule has 0 unspecified atom stereocenters. The number of aryl methyl sites for hydroxylation is 2. The topological polar surface area (TPSA) is 376 Å². The first-order chi connectivity index (χ1) is 42.1. The zero-order valence-electron chi connectivity index (χ0n) is 48.3. The lowest BCUT2D eigenvalue weighted by Gasteiger charge is -2.31. The summed E-state index contributed by atoms with van der Waals surface area (Å²) in [4.78, 5) is 55.7. The van der Waals surface area contributed by atoms with Crippen molar-refractivity contribution in [3.63, 3.8) is 0 Å². The van der Waals surface area contributed by atoms with Gasteiger partial charge in [0, 0.05) is 81.6 Å². The quantitative estimate of drug-likeness (QED) is 0.0413. The average molecular weight is 1180 g/mol. The summed E-state index contributed by atoms with van der Waals surface area (Å²) in [6, 6.07) is -0.396. The van der Waals surface area contributed by atoms with E-state index >= 15 is 0 Å². The Labute approximate surface area is 494 Å². The maximum absolute atomic E-state index is 11.4. The highest BCUT2D eigenvalue weighted by Crippen LogP contribution is 2.41. The number of hydrogen-bond donors (Lipinski definition) is 10. The van der Waals surface area contributed by atoms with Gasteiger partial charge in [-0.05, 0) is 90.9 Å². The minimum Gasteiger partial charge on any atom is -0.390 e. The van der Waals surface area contributed by atoms with Gasteiger partial charge in [-0.1, -0.05) is 0 Å². The SMILES string of the molecule is CCn1cnc(CCNc2nc(N[C@H]3CC[C@H](Nc4ncnc(N[C@H]5CC[C@H](Nc6nc(NCCc7cn(CC)cn7)nc7c6ncn7[C@@H]6C[C@H](n7ncc(CO)n7)[C@@H](O)[C@H]6O)CC5)n4)CC3)c3ncn([C@H]4CC[C@@H](n5ncc(CO)n5)C4)c3n2)c1. The lowest BCUT2D eigenvalue weighted by molar-refractivity contribution is 0.00491. The third-order valence-electron chi connectivity index (χ3n) is 17.5. The molecule has 9 aromatic rings. The minimum absolute atomic E-state index is 0.0838. The Bertz CT molecular complexity index is 3700. The summed E-state index contributed by atoms with van der Waals surface area (Å²) in [5.74, 6) is 3.30. The van der Waals surface area contributed by atoms with Crippen LogP contribution in [0.1, 0.15) is 138 Å². The number of nitrogens with zero attached hydrogens (tertiary/aromatic N) is 21. The van der Waals surface area contributed by atoms with Crippen LogP contribution in [0.15, 0.2) is 56.4 Å². The van der Waals surface area contributed by atoms with Crippen molar-refractivity contribution in [1.29, 1.82) is 0 Å². The highest BCUT2D eigenvalue weighted by molar-refractivity contribution is 5.85. The molecule has 454 valence electrons. The Morgan fingerprint density at radius 2 is 0.965 bits per heavy atom. The number of fused-ring (bicyclic) bond motifs is 2. The molecule has 31 nitrogen and oxygen atoms in total. The van der Waals surface area contributed by atoms with Gasteiger partial charge in [0.05, 0.1) is 74.4 Å². The Morgan fingerprint density at radius 1 is 0.477 bits per heavy atom. The fourth-order valence-electron chi connectivity index (χ4n) is 12.7. The lowest BCUT2D eigenvalue weighted by atomic mass is 9.91. The number of anilines is 6. The van der Waals surface area contributed by atoms with Gasteiger partial charge >= 0.3 is 0 Å². The molecule has 0 aromatic carbocycles. The van der Waals surface area contributed by atoms with E-state index in [2.05, 4.69) is 101 Å². The first-order valence-electron chi connectivity index (χ1n) is 30.3. The van der Waals surface area contributed by atoms with Crippen LogP contribution in [-0.4, -0.2) is 173 Å². The molecule has 4 aliphatic carbocycles. The summed E-state index contributed by atoms with van der Waals surface area (Å²) in [6.45, 7) is 6.62. The van der Waals surface area contributed by atoms with Crippen LogP contribution in [0.3, 0.4) is 0 Å². The molecule has 0 spiro atoms. The molecule has 0 saturated heterocycles. The van der Waals surface area contributed by atoms with E-state index in [0.717, 1.165) is 113 Å². The molecule has 13 rings (SSSR count). The zero-order chi connectivity index (χ0) is 58.7. The number of nitrogens with one attached hydrogen (secondary N) is 6. The van der Waals surface area contributed by atoms with Crippen LogP contribution in [-0.2, 0) is 39.1 Å². The highest BCUT2D eigenvalue weighted by Gasteiger charge is 2.45. The van der Waals surface area contributed by atoms with Gasteiger partial charge in [-0.3, -0.25) is 0 Å². The van der Waals surface area contributed by atoms with Crippen molar-refractivity contribution in [2.24, 2.45) is 0 Å². The molecule has 4 saturated carbocycles. The predicted molar refractivity (Wildman–Crippen MR) is 316 cm³/mol. The standard InChI is InChI=1S/C55H75N27O4/c1-3-77-23-36(60-28-77)15-17-56-52-70-48(44-50(72-52)79(30-62-44)40-13-14-41(19-40)81-64-21-38(25-83)75-81)66-32-5-9-34(10-6-32)68-54-58-27-59-55(74-54)69-35-11-7-33(8-12-35)67-49-45-51(73-53(71-49)57-18-16-37-24-78(4-2)29-61-37)80(31-63-45)42-20-43(47(86)46(42)85)82-65-22-39(26-84)76-82/h21-24,27-35,40-43,46-47,83-86H,3-20,25-26H2,1-2H3,(H2,56,66,70,72)(H2,57,67,71,73)(H2,58,59,68,69,74)/t32-,33-,34-,35-,40-,41+,42+,43-,46-,47+/m0/s1. The van der Waals surface area contributed by atoms with E-state index in [-0.39, 0.29) is 49.5 Å². The lowest BCUT2D eigenvalue weighted by Crippen LogP contribution is -2.34. The molecule has 0 radical (unpaired) electrons. The van der Waals surface area contributed by atoms with E-state index in [1.54, 1.807) is 23.6 Å². The van der Waals surface area contributed by atoms with E-state index in [0.29, 0.717) is 83.9 Å². The Balaban J connectivity index is 0.627. The van der Waals surface area contributed by atoms with Crippen LogP contribution >= 0.6 is 0 Å². The first-order valence-corrected chi connectivity index (χ1v) is 30.3.